The Labute approximate surface area is 130 Å². The number of unbranched alkanes of at least 4 members (excludes halogenated alkanes) is 1. The summed E-state index contributed by atoms with van der Waals surface area (Å²) in [5.74, 6) is 1.57. The second-order valence-electron chi connectivity index (χ2n) is 4.55. The summed E-state index contributed by atoms with van der Waals surface area (Å²) < 4.78 is 17.8. The number of hydrogen-bond donors (Lipinski definition) is 0. The maximum atomic E-state index is 6.00. The molecule has 0 radical (unpaired) electrons. The Morgan fingerprint density at radius 3 is 2.63 bits per heavy atom. The molecule has 5 heteroatoms. The van der Waals surface area contributed by atoms with Crippen molar-refractivity contribution in [3.05, 3.63) is 22.2 Å². The Bertz CT molecular complexity index is 435. The van der Waals surface area contributed by atoms with E-state index < -0.39 is 0 Å². The van der Waals surface area contributed by atoms with Crippen molar-refractivity contribution in [3.8, 4) is 11.5 Å². The lowest BCUT2D eigenvalue weighted by Gasteiger charge is -2.22. The number of ether oxygens (including phenoxy) is 3. The zero-order valence-electron chi connectivity index (χ0n) is 11.1. The van der Waals surface area contributed by atoms with Gasteiger partial charge in [0.2, 0.25) is 6.79 Å². The van der Waals surface area contributed by atoms with Gasteiger partial charge in [-0.15, -0.1) is 0 Å². The second kappa shape index (κ2) is 6.95. The molecule has 106 valence electrons. The molecule has 0 aromatic heterocycles. The van der Waals surface area contributed by atoms with Gasteiger partial charge in [0.15, 0.2) is 11.5 Å². The highest BCUT2D eigenvalue weighted by atomic mass is 79.9. The van der Waals surface area contributed by atoms with Gasteiger partial charge in [-0.3, -0.25) is 0 Å². The van der Waals surface area contributed by atoms with Crippen molar-refractivity contribution in [1.29, 1.82) is 0 Å². The summed E-state index contributed by atoms with van der Waals surface area (Å²) in [5, 5.41) is 0. The van der Waals surface area contributed by atoms with E-state index in [1.54, 1.807) is 0 Å². The van der Waals surface area contributed by atoms with E-state index in [4.69, 9.17) is 14.2 Å². The lowest BCUT2D eigenvalue weighted by Crippen LogP contribution is -2.14. The lowest BCUT2D eigenvalue weighted by molar-refractivity contribution is 0.0525. The number of halogens is 2. The topological polar surface area (TPSA) is 27.7 Å². The van der Waals surface area contributed by atoms with E-state index in [2.05, 4.69) is 45.7 Å². The van der Waals surface area contributed by atoms with Gasteiger partial charge >= 0.3 is 0 Å². The summed E-state index contributed by atoms with van der Waals surface area (Å²) in [7, 11) is 0. The smallest absolute Gasteiger partial charge is 0.231 e. The molecular formula is C14H18Br2O3. The average Bonchev–Trinajstić information content (AvgIpc) is 2.80. The minimum atomic E-state index is -0.00424. The zero-order valence-corrected chi connectivity index (χ0v) is 14.3. The van der Waals surface area contributed by atoms with Crippen LogP contribution in [0.25, 0.3) is 0 Å². The van der Waals surface area contributed by atoms with Crippen LogP contribution in [0.2, 0.25) is 0 Å². The molecule has 0 amide bonds. The van der Waals surface area contributed by atoms with Crippen molar-refractivity contribution in [2.75, 3.05) is 13.4 Å². The molecular weight excluding hydrogens is 376 g/mol. The minimum absolute atomic E-state index is 0.00424. The lowest BCUT2D eigenvalue weighted by atomic mass is 10.1. The third kappa shape index (κ3) is 3.64. The molecule has 0 saturated heterocycles. The molecule has 2 atom stereocenters. The van der Waals surface area contributed by atoms with E-state index >= 15 is 0 Å². The standard InChI is InChI=1S/C14H18Br2O3/c1-3-4-5-17-14(9(2)15)10-6-12-13(7-11(10)16)19-8-18-12/h6-7,9,14H,3-5,8H2,1-2H3/t9-,14+/m1/s1. The van der Waals surface area contributed by atoms with Gasteiger partial charge in [0.05, 0.1) is 6.10 Å². The molecule has 3 nitrogen and oxygen atoms in total. The Hall–Kier alpha value is -0.260. The van der Waals surface area contributed by atoms with Crippen LogP contribution in [0.3, 0.4) is 0 Å². The number of alkyl halides is 1. The van der Waals surface area contributed by atoms with E-state index in [1.165, 1.54) is 0 Å². The van der Waals surface area contributed by atoms with Crippen LogP contribution in [0, 0.1) is 0 Å². The maximum absolute atomic E-state index is 6.00. The van der Waals surface area contributed by atoms with Crippen LogP contribution in [-0.2, 0) is 4.74 Å². The number of rotatable bonds is 6. The monoisotopic (exact) mass is 392 g/mol. The van der Waals surface area contributed by atoms with Gasteiger partial charge in [-0.1, -0.05) is 45.2 Å². The molecule has 0 N–H and O–H groups in total. The van der Waals surface area contributed by atoms with E-state index in [1.807, 2.05) is 12.1 Å². The SMILES string of the molecule is CCCCO[C@H](c1cc2c(cc1Br)OCO2)[C@@H](C)Br. The normalized spacial score (nSPS) is 16.4. The van der Waals surface area contributed by atoms with Crippen molar-refractivity contribution < 1.29 is 14.2 Å². The first-order chi connectivity index (χ1) is 9.13. The second-order valence-corrected chi connectivity index (χ2v) is 6.85. The summed E-state index contributed by atoms with van der Waals surface area (Å²) in [6, 6.07) is 3.95. The van der Waals surface area contributed by atoms with Crippen LogP contribution in [0.4, 0.5) is 0 Å². The molecule has 0 fully saturated rings. The molecule has 0 saturated carbocycles. The largest absolute Gasteiger partial charge is 0.454 e. The van der Waals surface area contributed by atoms with Crippen molar-refractivity contribution >= 4 is 31.9 Å². The number of benzene rings is 1. The van der Waals surface area contributed by atoms with Crippen LogP contribution >= 0.6 is 31.9 Å². The molecule has 1 aliphatic heterocycles. The highest BCUT2D eigenvalue weighted by molar-refractivity contribution is 9.10. The van der Waals surface area contributed by atoms with Crippen LogP contribution in [0.5, 0.6) is 11.5 Å². The predicted molar refractivity (Wildman–Crippen MR) is 82.3 cm³/mol. The van der Waals surface area contributed by atoms with Crippen LogP contribution in [0.1, 0.15) is 38.4 Å². The average molecular weight is 394 g/mol. The van der Waals surface area contributed by atoms with Gasteiger partial charge in [0.25, 0.3) is 0 Å². The zero-order chi connectivity index (χ0) is 13.8. The van der Waals surface area contributed by atoms with Crippen LogP contribution in [0.15, 0.2) is 16.6 Å². The van der Waals surface area contributed by atoms with E-state index in [-0.39, 0.29) is 17.7 Å². The third-order valence-electron chi connectivity index (χ3n) is 3.01. The molecule has 19 heavy (non-hydrogen) atoms. The minimum Gasteiger partial charge on any atom is -0.454 e. The molecule has 0 spiro atoms. The highest BCUT2D eigenvalue weighted by Gasteiger charge is 2.24. The van der Waals surface area contributed by atoms with Gasteiger partial charge in [0, 0.05) is 21.5 Å². The number of fused-ring (bicyclic) bond motifs is 1. The molecule has 0 unspecified atom stereocenters. The Kier molecular flexibility index (Phi) is 5.54. The van der Waals surface area contributed by atoms with E-state index in [0.717, 1.165) is 41.0 Å². The van der Waals surface area contributed by atoms with E-state index in [9.17, 15) is 0 Å². The van der Waals surface area contributed by atoms with Gasteiger partial charge in [-0.25, -0.2) is 0 Å². The van der Waals surface area contributed by atoms with Gasteiger partial charge in [-0.2, -0.15) is 0 Å². The summed E-state index contributed by atoms with van der Waals surface area (Å²) in [5.41, 5.74) is 1.09. The van der Waals surface area contributed by atoms with Gasteiger partial charge in [-0.05, 0) is 25.5 Å². The van der Waals surface area contributed by atoms with Crippen molar-refractivity contribution in [2.45, 2.75) is 37.6 Å². The fraction of sp³-hybridized carbons (Fsp3) is 0.571. The predicted octanol–water partition coefficient (Wildman–Crippen LogP) is 4.82. The maximum Gasteiger partial charge on any atom is 0.231 e. The van der Waals surface area contributed by atoms with Gasteiger partial charge in [0.1, 0.15) is 0 Å². The molecule has 0 aliphatic carbocycles. The Balaban J connectivity index is 2.21. The molecule has 1 heterocycles. The van der Waals surface area contributed by atoms with Crippen molar-refractivity contribution in [1.82, 2.24) is 0 Å². The Morgan fingerprint density at radius 2 is 2.00 bits per heavy atom. The molecule has 1 aromatic rings. The van der Waals surface area contributed by atoms with Crippen molar-refractivity contribution in [2.24, 2.45) is 0 Å². The van der Waals surface area contributed by atoms with Crippen LogP contribution < -0.4 is 9.47 Å². The highest BCUT2D eigenvalue weighted by Crippen LogP contribution is 2.41. The molecule has 0 bridgehead atoms. The van der Waals surface area contributed by atoms with Crippen molar-refractivity contribution in [3.63, 3.8) is 0 Å². The quantitative estimate of drug-likeness (QED) is 0.512. The first-order valence-corrected chi connectivity index (χ1v) is 8.19. The van der Waals surface area contributed by atoms with E-state index in [0.29, 0.717) is 0 Å². The first kappa shape index (κ1) is 15.1. The summed E-state index contributed by atoms with van der Waals surface area (Å²) in [6.07, 6.45) is 2.19. The third-order valence-corrected chi connectivity index (χ3v) is 4.18. The fourth-order valence-electron chi connectivity index (χ4n) is 1.98. The Morgan fingerprint density at radius 1 is 1.32 bits per heavy atom. The first-order valence-electron chi connectivity index (χ1n) is 6.48. The number of hydrogen-bond acceptors (Lipinski definition) is 3. The summed E-state index contributed by atoms with van der Waals surface area (Å²) in [4.78, 5) is 0.223. The fourth-order valence-corrected chi connectivity index (χ4v) is 2.96. The van der Waals surface area contributed by atoms with Crippen LogP contribution in [-0.4, -0.2) is 18.2 Å². The molecule has 1 aliphatic rings. The summed E-state index contributed by atoms with van der Waals surface area (Å²) in [6.45, 7) is 5.30. The molecule has 2 rings (SSSR count). The molecule has 1 aromatic carbocycles. The summed E-state index contributed by atoms with van der Waals surface area (Å²) >= 11 is 7.22. The van der Waals surface area contributed by atoms with Gasteiger partial charge < -0.3 is 14.2 Å².